The molecule has 1 aliphatic rings. The summed E-state index contributed by atoms with van der Waals surface area (Å²) in [5.41, 5.74) is 5.90. The number of allylic oxidation sites excluding steroid dienone is 4. The summed E-state index contributed by atoms with van der Waals surface area (Å²) in [7, 11) is 0. The van der Waals surface area contributed by atoms with Gasteiger partial charge in [0.1, 0.15) is 0 Å². The molecule has 0 aromatic heterocycles. The second-order valence-corrected chi connectivity index (χ2v) is 6.75. The molecule has 0 saturated carbocycles. The molecule has 0 amide bonds. The van der Waals surface area contributed by atoms with Crippen molar-refractivity contribution in [1.82, 2.24) is 0 Å². The topological polar surface area (TPSA) is 24.4 Å². The van der Waals surface area contributed by atoms with E-state index in [1.807, 2.05) is 13.1 Å². The summed E-state index contributed by atoms with van der Waals surface area (Å²) in [5, 5.41) is 3.43. The molecule has 1 N–H and O–H groups in total. The molecule has 1 unspecified atom stereocenters. The van der Waals surface area contributed by atoms with Gasteiger partial charge in [-0.25, -0.2) is 0 Å². The molecule has 26 heavy (non-hydrogen) atoms. The molecule has 1 aliphatic carbocycles. The van der Waals surface area contributed by atoms with Gasteiger partial charge in [-0.3, -0.25) is 4.99 Å². The summed E-state index contributed by atoms with van der Waals surface area (Å²) in [6, 6.07) is 14.9. The smallest absolute Gasteiger partial charge is 0.0675 e. The molecular weight excluding hydrogens is 316 g/mol. The first-order valence-corrected chi connectivity index (χ1v) is 9.30. The maximum Gasteiger partial charge on any atom is 0.0675 e. The molecule has 2 nitrogen and oxygen atoms in total. The Labute approximate surface area is 158 Å². The number of nitrogens with zero attached hydrogens (tertiary/aromatic N) is 1. The van der Waals surface area contributed by atoms with Crippen molar-refractivity contribution in [1.29, 1.82) is 0 Å². The Bertz CT molecular complexity index is 767. The van der Waals surface area contributed by atoms with E-state index in [0.717, 1.165) is 23.8 Å². The van der Waals surface area contributed by atoms with E-state index < -0.39 is 0 Å². The highest BCUT2D eigenvalue weighted by atomic mass is 14.9. The van der Waals surface area contributed by atoms with Crippen LogP contribution in [0.15, 0.2) is 71.8 Å². The minimum atomic E-state index is 0.769. The van der Waals surface area contributed by atoms with Crippen LogP contribution >= 0.6 is 0 Å². The summed E-state index contributed by atoms with van der Waals surface area (Å²) in [4.78, 5) is 4.37. The molecule has 0 heterocycles. The van der Waals surface area contributed by atoms with Gasteiger partial charge in [0.2, 0.25) is 0 Å². The van der Waals surface area contributed by atoms with Crippen molar-refractivity contribution in [2.45, 2.75) is 40.7 Å². The molecule has 0 fully saturated rings. The van der Waals surface area contributed by atoms with Crippen LogP contribution in [-0.4, -0.2) is 6.21 Å². The third-order valence-electron chi connectivity index (χ3n) is 4.29. The zero-order chi connectivity index (χ0) is 18.8. The van der Waals surface area contributed by atoms with E-state index in [0.29, 0.717) is 0 Å². The highest BCUT2D eigenvalue weighted by Gasteiger charge is 1.99. The Morgan fingerprint density at radius 1 is 1.08 bits per heavy atom. The summed E-state index contributed by atoms with van der Waals surface area (Å²) in [6.07, 6.45) is 11.7. The first-order chi connectivity index (χ1) is 12.6. The molecular formula is C24H30N2. The van der Waals surface area contributed by atoms with Gasteiger partial charge in [0.15, 0.2) is 0 Å². The van der Waals surface area contributed by atoms with Crippen molar-refractivity contribution in [3.63, 3.8) is 0 Å². The molecule has 2 aromatic carbocycles. The lowest BCUT2D eigenvalue weighted by molar-refractivity contribution is 0.737. The first-order valence-electron chi connectivity index (χ1n) is 9.30. The normalized spacial score (nSPS) is 15.6. The number of hydrogen-bond acceptors (Lipinski definition) is 2. The number of benzene rings is 2. The van der Waals surface area contributed by atoms with Crippen LogP contribution in [0.25, 0.3) is 0 Å². The summed E-state index contributed by atoms with van der Waals surface area (Å²) in [6.45, 7) is 9.17. The average Bonchev–Trinajstić information content (AvgIpc) is 2.65. The molecule has 0 radical (unpaired) electrons. The van der Waals surface area contributed by atoms with E-state index >= 15 is 0 Å². The lowest BCUT2D eigenvalue weighted by Gasteiger charge is -2.09. The summed E-state index contributed by atoms with van der Waals surface area (Å²) < 4.78 is 0. The minimum Gasteiger partial charge on any atom is -0.381 e. The van der Waals surface area contributed by atoms with Crippen molar-refractivity contribution >= 4 is 17.6 Å². The predicted octanol–water partition coefficient (Wildman–Crippen LogP) is 6.78. The Morgan fingerprint density at radius 2 is 1.85 bits per heavy atom. The van der Waals surface area contributed by atoms with E-state index in [1.165, 1.54) is 23.1 Å². The SMILES string of the molecule is CC1C=CC=CC1.CC=Nc1cc(NCc2ccc(C)cc2)ccc1C. The third kappa shape index (κ3) is 6.72. The van der Waals surface area contributed by atoms with Crippen molar-refractivity contribution in [3.8, 4) is 0 Å². The van der Waals surface area contributed by atoms with Gasteiger partial charge in [-0.1, -0.05) is 67.1 Å². The number of rotatable bonds is 4. The second-order valence-electron chi connectivity index (χ2n) is 6.75. The zero-order valence-corrected chi connectivity index (χ0v) is 16.4. The largest absolute Gasteiger partial charge is 0.381 e. The quantitative estimate of drug-likeness (QED) is 0.606. The molecule has 136 valence electrons. The Kier molecular flexibility index (Phi) is 7.88. The monoisotopic (exact) mass is 346 g/mol. The minimum absolute atomic E-state index is 0.769. The maximum absolute atomic E-state index is 4.37. The number of nitrogens with one attached hydrogen (secondary N) is 1. The van der Waals surface area contributed by atoms with E-state index in [-0.39, 0.29) is 0 Å². The van der Waals surface area contributed by atoms with Crippen LogP contribution in [-0.2, 0) is 6.54 Å². The van der Waals surface area contributed by atoms with Crippen molar-refractivity contribution < 1.29 is 0 Å². The fourth-order valence-corrected chi connectivity index (χ4v) is 2.61. The number of anilines is 1. The van der Waals surface area contributed by atoms with E-state index in [2.05, 4.69) is 97.8 Å². The van der Waals surface area contributed by atoms with E-state index in [1.54, 1.807) is 0 Å². The standard InChI is InChI=1S/C17H20N2.C7H10/c1-4-18-17-11-16(10-7-14(17)3)19-12-15-8-5-13(2)6-9-15;1-7-5-3-2-4-6-7/h4-11,19H,12H2,1-3H3;2-5,7H,6H2,1H3. The Balaban J connectivity index is 0.000000290. The number of aryl methyl sites for hydroxylation is 2. The van der Waals surface area contributed by atoms with Crippen LogP contribution in [0.5, 0.6) is 0 Å². The highest BCUT2D eigenvalue weighted by molar-refractivity contribution is 5.66. The fraction of sp³-hybridized carbons (Fsp3) is 0.292. The van der Waals surface area contributed by atoms with Gasteiger partial charge < -0.3 is 5.32 Å². The van der Waals surface area contributed by atoms with Crippen LogP contribution in [0.4, 0.5) is 11.4 Å². The van der Waals surface area contributed by atoms with Crippen molar-refractivity contribution in [2.24, 2.45) is 10.9 Å². The average molecular weight is 347 g/mol. The molecule has 2 aromatic rings. The van der Waals surface area contributed by atoms with Crippen molar-refractivity contribution in [3.05, 3.63) is 83.5 Å². The molecule has 2 heteroatoms. The van der Waals surface area contributed by atoms with Crippen molar-refractivity contribution in [2.75, 3.05) is 5.32 Å². The van der Waals surface area contributed by atoms with Gasteiger partial charge in [0.05, 0.1) is 5.69 Å². The molecule has 1 atom stereocenters. The summed E-state index contributed by atoms with van der Waals surface area (Å²) >= 11 is 0. The third-order valence-corrected chi connectivity index (χ3v) is 4.29. The molecule has 3 rings (SSSR count). The fourth-order valence-electron chi connectivity index (χ4n) is 2.61. The first kappa shape index (κ1) is 19.7. The summed E-state index contributed by atoms with van der Waals surface area (Å²) in [5.74, 6) is 0.769. The lowest BCUT2D eigenvalue weighted by Crippen LogP contribution is -1.99. The lowest BCUT2D eigenvalue weighted by atomic mass is 10.0. The van der Waals surface area contributed by atoms with Gasteiger partial charge in [0, 0.05) is 18.4 Å². The van der Waals surface area contributed by atoms with Gasteiger partial charge in [0.25, 0.3) is 0 Å². The van der Waals surface area contributed by atoms with E-state index in [4.69, 9.17) is 0 Å². The second kappa shape index (κ2) is 10.4. The van der Waals surface area contributed by atoms with Gasteiger partial charge in [-0.2, -0.15) is 0 Å². The molecule has 0 saturated heterocycles. The molecule has 0 bridgehead atoms. The Hall–Kier alpha value is -2.61. The van der Waals surface area contributed by atoms with Gasteiger partial charge >= 0.3 is 0 Å². The van der Waals surface area contributed by atoms with Crippen LogP contribution < -0.4 is 5.32 Å². The molecule has 0 spiro atoms. The van der Waals surface area contributed by atoms with Gasteiger partial charge in [-0.05, 0) is 56.4 Å². The van der Waals surface area contributed by atoms with Crippen LogP contribution in [0.2, 0.25) is 0 Å². The van der Waals surface area contributed by atoms with E-state index in [9.17, 15) is 0 Å². The van der Waals surface area contributed by atoms with Crippen LogP contribution in [0.3, 0.4) is 0 Å². The predicted molar refractivity (Wildman–Crippen MR) is 116 cm³/mol. The van der Waals surface area contributed by atoms with Gasteiger partial charge in [-0.15, -0.1) is 0 Å². The van der Waals surface area contributed by atoms with Crippen LogP contribution in [0.1, 0.15) is 37.0 Å². The maximum atomic E-state index is 4.37. The Morgan fingerprint density at radius 3 is 2.42 bits per heavy atom. The molecule has 0 aliphatic heterocycles. The number of hydrogen-bond donors (Lipinski definition) is 1. The number of aliphatic imine (C=N–C) groups is 1. The highest BCUT2D eigenvalue weighted by Crippen LogP contribution is 2.23. The zero-order valence-electron chi connectivity index (χ0n) is 16.4. The van der Waals surface area contributed by atoms with Crippen LogP contribution in [0, 0.1) is 19.8 Å².